The number of anilines is 1. The monoisotopic (exact) mass is 289 g/mol. The van der Waals surface area contributed by atoms with Crippen molar-refractivity contribution in [1.29, 1.82) is 0 Å². The second-order valence-corrected chi connectivity index (χ2v) is 5.66. The van der Waals surface area contributed by atoms with Gasteiger partial charge in [0.1, 0.15) is 11.3 Å². The van der Waals surface area contributed by atoms with Gasteiger partial charge < -0.3 is 15.6 Å². The third-order valence-corrected chi connectivity index (χ3v) is 3.75. The number of hydrogen-bond donors (Lipinski definition) is 2. The van der Waals surface area contributed by atoms with E-state index in [4.69, 9.17) is 5.73 Å². The molecular formula is C15H23N5O. The maximum atomic E-state index is 11.6. The quantitative estimate of drug-likeness (QED) is 0.897. The van der Waals surface area contributed by atoms with Gasteiger partial charge in [0.25, 0.3) is 0 Å². The van der Waals surface area contributed by atoms with E-state index in [0.717, 1.165) is 28.1 Å². The van der Waals surface area contributed by atoms with Gasteiger partial charge in [0, 0.05) is 24.7 Å². The van der Waals surface area contributed by atoms with E-state index in [2.05, 4.69) is 19.9 Å². The molecule has 0 aliphatic rings. The molecule has 0 aliphatic heterocycles. The number of pyridine rings is 1. The molecule has 0 fully saturated rings. The second kappa shape index (κ2) is 5.71. The summed E-state index contributed by atoms with van der Waals surface area (Å²) in [7, 11) is 0. The summed E-state index contributed by atoms with van der Waals surface area (Å²) in [6.45, 7) is 10.9. The number of fused-ring (bicyclic) bond motifs is 1. The lowest BCUT2D eigenvalue weighted by Gasteiger charge is -2.12. The van der Waals surface area contributed by atoms with Gasteiger partial charge in [-0.15, -0.1) is 0 Å². The van der Waals surface area contributed by atoms with Crippen LogP contribution in [0.25, 0.3) is 11.0 Å². The zero-order chi connectivity index (χ0) is 15.7. The topological polar surface area (TPSA) is 85.8 Å². The predicted molar refractivity (Wildman–Crippen MR) is 84.0 cm³/mol. The summed E-state index contributed by atoms with van der Waals surface area (Å²) in [4.78, 5) is 20.5. The molecule has 0 bridgehead atoms. The van der Waals surface area contributed by atoms with Crippen molar-refractivity contribution >= 4 is 22.8 Å². The van der Waals surface area contributed by atoms with Crippen molar-refractivity contribution in [2.75, 3.05) is 12.3 Å². The summed E-state index contributed by atoms with van der Waals surface area (Å²) in [5, 5.41) is 2.93. The van der Waals surface area contributed by atoms with Gasteiger partial charge in [-0.05, 0) is 26.3 Å². The van der Waals surface area contributed by atoms with Crippen LogP contribution < -0.4 is 11.1 Å². The Labute approximate surface area is 124 Å². The first-order chi connectivity index (χ1) is 9.82. The number of hydrogen-bond acceptors (Lipinski definition) is 4. The summed E-state index contributed by atoms with van der Waals surface area (Å²) in [6, 6.07) is 0. The molecule has 2 aromatic rings. The summed E-state index contributed by atoms with van der Waals surface area (Å²) < 4.78 is 2.09. The lowest BCUT2D eigenvalue weighted by molar-refractivity contribution is -0.124. The average Bonchev–Trinajstić information content (AvgIpc) is 2.74. The molecule has 0 aliphatic carbocycles. The predicted octanol–water partition coefficient (Wildman–Crippen LogP) is 1.71. The van der Waals surface area contributed by atoms with Crippen LogP contribution in [0.4, 0.5) is 5.82 Å². The molecule has 1 amide bonds. The number of imidazole rings is 1. The largest absolute Gasteiger partial charge is 0.382 e. The Morgan fingerprint density at radius 2 is 1.95 bits per heavy atom. The number of carbonyl (C=O) groups is 1. The standard InChI is InChI=1S/C15H23N5O/c1-8(2)15(21)17-6-7-20-11(5)19-12-13(20)9(3)10(4)18-14(12)16/h8H,6-7H2,1-5H3,(H2,16,18)(H,17,21). The highest BCUT2D eigenvalue weighted by molar-refractivity contribution is 5.88. The van der Waals surface area contributed by atoms with E-state index in [1.54, 1.807) is 0 Å². The minimum absolute atomic E-state index is 0.00514. The number of nitrogens with one attached hydrogen (secondary N) is 1. The van der Waals surface area contributed by atoms with Gasteiger partial charge in [-0.1, -0.05) is 13.8 Å². The van der Waals surface area contributed by atoms with Crippen molar-refractivity contribution in [2.45, 2.75) is 41.2 Å². The van der Waals surface area contributed by atoms with E-state index in [9.17, 15) is 4.79 Å². The number of rotatable bonds is 4. The summed E-state index contributed by atoms with van der Waals surface area (Å²) in [6.07, 6.45) is 0. The summed E-state index contributed by atoms with van der Waals surface area (Å²) in [5.41, 5.74) is 9.71. The van der Waals surface area contributed by atoms with Crippen molar-refractivity contribution in [2.24, 2.45) is 5.92 Å². The van der Waals surface area contributed by atoms with Gasteiger partial charge in [-0.25, -0.2) is 9.97 Å². The maximum Gasteiger partial charge on any atom is 0.222 e. The Morgan fingerprint density at radius 3 is 2.57 bits per heavy atom. The van der Waals surface area contributed by atoms with Crippen LogP contribution in [0, 0.1) is 26.7 Å². The normalized spacial score (nSPS) is 11.3. The zero-order valence-electron chi connectivity index (χ0n) is 13.3. The first kappa shape index (κ1) is 15.3. The third kappa shape index (κ3) is 2.84. The first-order valence-electron chi connectivity index (χ1n) is 7.20. The molecule has 6 nitrogen and oxygen atoms in total. The highest BCUT2D eigenvalue weighted by Crippen LogP contribution is 2.25. The number of aryl methyl sites for hydroxylation is 3. The number of aromatic nitrogens is 3. The number of nitrogen functional groups attached to an aromatic ring is 1. The van der Waals surface area contributed by atoms with E-state index in [1.165, 1.54) is 0 Å². The highest BCUT2D eigenvalue weighted by atomic mass is 16.1. The fraction of sp³-hybridized carbons (Fsp3) is 0.533. The number of amides is 1. The fourth-order valence-corrected chi connectivity index (χ4v) is 2.38. The lowest BCUT2D eigenvalue weighted by atomic mass is 10.2. The van der Waals surface area contributed by atoms with Gasteiger partial charge in [-0.2, -0.15) is 0 Å². The molecule has 21 heavy (non-hydrogen) atoms. The number of nitrogens with zero attached hydrogens (tertiary/aromatic N) is 3. The molecular weight excluding hydrogens is 266 g/mol. The molecule has 6 heteroatoms. The highest BCUT2D eigenvalue weighted by Gasteiger charge is 2.15. The van der Waals surface area contributed by atoms with Gasteiger partial charge in [0.2, 0.25) is 5.91 Å². The van der Waals surface area contributed by atoms with Gasteiger partial charge in [-0.3, -0.25) is 4.79 Å². The Morgan fingerprint density at radius 1 is 1.29 bits per heavy atom. The molecule has 0 spiro atoms. The Bertz CT molecular complexity index is 687. The van der Waals surface area contributed by atoms with Crippen LogP contribution in [0.3, 0.4) is 0 Å². The second-order valence-electron chi connectivity index (χ2n) is 5.66. The molecule has 0 unspecified atom stereocenters. The van der Waals surface area contributed by atoms with Crippen LogP contribution in [0.5, 0.6) is 0 Å². The van der Waals surface area contributed by atoms with Crippen molar-refractivity contribution in [3.05, 3.63) is 17.1 Å². The molecule has 114 valence electrons. The van der Waals surface area contributed by atoms with Gasteiger partial charge >= 0.3 is 0 Å². The van der Waals surface area contributed by atoms with E-state index < -0.39 is 0 Å². The van der Waals surface area contributed by atoms with Crippen molar-refractivity contribution in [3.8, 4) is 0 Å². The van der Waals surface area contributed by atoms with Crippen LogP contribution >= 0.6 is 0 Å². The Balaban J connectivity index is 2.32. The molecule has 2 rings (SSSR count). The summed E-state index contributed by atoms with van der Waals surface area (Å²) in [5.74, 6) is 1.40. The molecule has 3 N–H and O–H groups in total. The van der Waals surface area contributed by atoms with Crippen molar-refractivity contribution in [1.82, 2.24) is 19.9 Å². The number of nitrogens with two attached hydrogens (primary N) is 1. The smallest absolute Gasteiger partial charge is 0.222 e. The summed E-state index contributed by atoms with van der Waals surface area (Å²) >= 11 is 0. The van der Waals surface area contributed by atoms with E-state index in [1.807, 2.05) is 34.6 Å². The fourth-order valence-electron chi connectivity index (χ4n) is 2.38. The van der Waals surface area contributed by atoms with Gasteiger partial charge in [0.05, 0.1) is 5.52 Å². The number of carbonyl (C=O) groups excluding carboxylic acids is 1. The van der Waals surface area contributed by atoms with Crippen LogP contribution in [-0.4, -0.2) is 27.0 Å². The first-order valence-corrected chi connectivity index (χ1v) is 7.20. The Kier molecular flexibility index (Phi) is 4.16. The van der Waals surface area contributed by atoms with E-state index in [-0.39, 0.29) is 11.8 Å². The minimum Gasteiger partial charge on any atom is -0.382 e. The molecule has 0 radical (unpaired) electrons. The molecule has 0 saturated carbocycles. The van der Waals surface area contributed by atoms with Crippen molar-refractivity contribution in [3.63, 3.8) is 0 Å². The van der Waals surface area contributed by atoms with Crippen LogP contribution in [0.1, 0.15) is 30.9 Å². The van der Waals surface area contributed by atoms with Crippen LogP contribution in [-0.2, 0) is 11.3 Å². The maximum absolute atomic E-state index is 11.6. The molecule has 0 aromatic carbocycles. The SMILES string of the molecule is Cc1nc(N)c2nc(C)n(CCNC(=O)C(C)C)c2c1C. The third-order valence-electron chi connectivity index (χ3n) is 3.75. The minimum atomic E-state index is -0.00514. The molecule has 0 atom stereocenters. The molecule has 0 saturated heterocycles. The van der Waals surface area contributed by atoms with Gasteiger partial charge in [0.15, 0.2) is 5.82 Å². The van der Waals surface area contributed by atoms with Crippen LogP contribution in [0.2, 0.25) is 0 Å². The average molecular weight is 289 g/mol. The Hall–Kier alpha value is -2.11. The van der Waals surface area contributed by atoms with E-state index in [0.29, 0.717) is 18.9 Å². The zero-order valence-corrected chi connectivity index (χ0v) is 13.3. The lowest BCUT2D eigenvalue weighted by Crippen LogP contribution is -2.30. The van der Waals surface area contributed by atoms with Crippen molar-refractivity contribution < 1.29 is 4.79 Å². The molecule has 2 aromatic heterocycles. The molecule has 2 heterocycles. The van der Waals surface area contributed by atoms with E-state index >= 15 is 0 Å². The van der Waals surface area contributed by atoms with Crippen LogP contribution in [0.15, 0.2) is 0 Å².